The van der Waals surface area contributed by atoms with Gasteiger partial charge in [0.15, 0.2) is 0 Å². The summed E-state index contributed by atoms with van der Waals surface area (Å²) in [7, 11) is 1.64. The summed E-state index contributed by atoms with van der Waals surface area (Å²) in [6, 6.07) is 0. The van der Waals surface area contributed by atoms with Gasteiger partial charge in [0.1, 0.15) is 5.78 Å². The van der Waals surface area contributed by atoms with Crippen molar-refractivity contribution in [2.75, 3.05) is 7.11 Å². The van der Waals surface area contributed by atoms with Gasteiger partial charge in [0, 0.05) is 20.0 Å². The molecular weight excluding hydrogens is 140 g/mol. The van der Waals surface area contributed by atoms with Crippen LogP contribution in [0.5, 0.6) is 0 Å². The number of carbonyl (C=O) groups is 1. The maximum Gasteiger partial charge on any atom is 0.135 e. The third-order valence-electron chi connectivity index (χ3n) is 1.73. The average Bonchev–Trinajstić information content (AvgIpc) is 2.00. The van der Waals surface area contributed by atoms with Crippen molar-refractivity contribution in [3.05, 3.63) is 0 Å². The minimum atomic E-state index is 0.0827. The topological polar surface area (TPSA) is 26.3 Å². The first-order valence-electron chi connectivity index (χ1n) is 4.25. The molecule has 0 heterocycles. The highest BCUT2D eigenvalue weighted by Gasteiger charge is 2.06. The van der Waals surface area contributed by atoms with Gasteiger partial charge < -0.3 is 4.74 Å². The predicted molar refractivity (Wildman–Crippen MR) is 45.6 cm³/mol. The number of methoxy groups -OCH3 is 1. The molecule has 66 valence electrons. The van der Waals surface area contributed by atoms with E-state index in [9.17, 15) is 4.79 Å². The minimum Gasteiger partial charge on any atom is -0.381 e. The highest BCUT2D eigenvalue weighted by molar-refractivity contribution is 5.78. The van der Waals surface area contributed by atoms with Crippen molar-refractivity contribution in [2.45, 2.75) is 45.6 Å². The van der Waals surface area contributed by atoms with E-state index in [1.807, 2.05) is 6.92 Å². The van der Waals surface area contributed by atoms with Crippen LogP contribution in [0, 0.1) is 0 Å². The lowest BCUT2D eigenvalue weighted by molar-refractivity contribution is -0.121. The van der Waals surface area contributed by atoms with Gasteiger partial charge in [-0.05, 0) is 13.3 Å². The van der Waals surface area contributed by atoms with E-state index in [1.165, 1.54) is 0 Å². The van der Waals surface area contributed by atoms with Crippen LogP contribution in [-0.2, 0) is 9.53 Å². The molecule has 0 bridgehead atoms. The minimum absolute atomic E-state index is 0.0827. The maximum absolute atomic E-state index is 11.1. The fraction of sp³-hybridized carbons (Fsp3) is 0.889. The average molecular weight is 158 g/mol. The molecule has 0 spiro atoms. The molecule has 0 saturated heterocycles. The summed E-state index contributed by atoms with van der Waals surface area (Å²) in [4.78, 5) is 11.1. The molecule has 0 radical (unpaired) electrons. The first-order chi connectivity index (χ1) is 5.20. The molecule has 1 atom stereocenters. The van der Waals surface area contributed by atoms with Gasteiger partial charge in [-0.3, -0.25) is 4.79 Å². The number of hydrogen-bond acceptors (Lipinski definition) is 2. The molecule has 11 heavy (non-hydrogen) atoms. The van der Waals surface area contributed by atoms with Gasteiger partial charge in [-0.2, -0.15) is 0 Å². The number of hydrogen-bond donors (Lipinski definition) is 0. The largest absolute Gasteiger partial charge is 0.381 e. The standard InChI is InChI=1S/C9H18O2/c1-4-5-6-9(10)7-8(2)11-3/h8H,4-7H2,1-3H3. The Bertz CT molecular complexity index is 110. The molecule has 0 aliphatic rings. The first kappa shape index (κ1) is 10.6. The Labute approximate surface area is 68.9 Å². The molecule has 0 aromatic heterocycles. The third kappa shape index (κ3) is 6.05. The van der Waals surface area contributed by atoms with Crippen LogP contribution in [0.1, 0.15) is 39.5 Å². The van der Waals surface area contributed by atoms with Gasteiger partial charge in [-0.15, -0.1) is 0 Å². The molecule has 0 saturated carbocycles. The zero-order chi connectivity index (χ0) is 8.69. The van der Waals surface area contributed by atoms with Crippen molar-refractivity contribution in [1.29, 1.82) is 0 Å². The van der Waals surface area contributed by atoms with Crippen molar-refractivity contribution in [1.82, 2.24) is 0 Å². The molecule has 0 aromatic carbocycles. The van der Waals surface area contributed by atoms with Gasteiger partial charge in [-0.1, -0.05) is 13.3 Å². The smallest absolute Gasteiger partial charge is 0.135 e. The normalized spacial score (nSPS) is 13.0. The van der Waals surface area contributed by atoms with E-state index in [1.54, 1.807) is 7.11 Å². The second-order valence-electron chi connectivity index (χ2n) is 2.89. The highest BCUT2D eigenvalue weighted by Crippen LogP contribution is 2.02. The lowest BCUT2D eigenvalue weighted by atomic mass is 10.1. The van der Waals surface area contributed by atoms with Gasteiger partial charge in [0.05, 0.1) is 6.10 Å². The summed E-state index contributed by atoms with van der Waals surface area (Å²) in [6.45, 7) is 4.01. The zero-order valence-corrected chi connectivity index (χ0v) is 7.72. The second-order valence-corrected chi connectivity index (χ2v) is 2.89. The van der Waals surface area contributed by atoms with Crippen LogP contribution in [-0.4, -0.2) is 19.0 Å². The number of carbonyl (C=O) groups excluding carboxylic acids is 1. The van der Waals surface area contributed by atoms with Crippen LogP contribution in [0.4, 0.5) is 0 Å². The summed E-state index contributed by atoms with van der Waals surface area (Å²) in [6.07, 6.45) is 3.46. The summed E-state index contributed by atoms with van der Waals surface area (Å²) >= 11 is 0. The summed E-state index contributed by atoms with van der Waals surface area (Å²) < 4.78 is 4.98. The van der Waals surface area contributed by atoms with E-state index in [0.717, 1.165) is 12.8 Å². The van der Waals surface area contributed by atoms with E-state index < -0.39 is 0 Å². The molecule has 0 N–H and O–H groups in total. The molecule has 0 rings (SSSR count). The van der Waals surface area contributed by atoms with Crippen molar-refractivity contribution in [2.24, 2.45) is 0 Å². The van der Waals surface area contributed by atoms with Gasteiger partial charge in [0.25, 0.3) is 0 Å². The Kier molecular flexibility index (Phi) is 6.13. The fourth-order valence-electron chi connectivity index (χ4n) is 0.880. The number of Topliss-reactive ketones (excluding diaryl/α,β-unsaturated/α-hetero) is 1. The molecule has 0 aliphatic heterocycles. The molecule has 0 amide bonds. The molecule has 2 heteroatoms. The number of rotatable bonds is 6. The van der Waals surface area contributed by atoms with Crippen molar-refractivity contribution < 1.29 is 9.53 Å². The van der Waals surface area contributed by atoms with Crippen LogP contribution < -0.4 is 0 Å². The quantitative estimate of drug-likeness (QED) is 0.592. The number of ether oxygens (including phenoxy) is 1. The molecule has 1 unspecified atom stereocenters. The van der Waals surface area contributed by atoms with Crippen molar-refractivity contribution >= 4 is 5.78 Å². The molecular formula is C9H18O2. The summed E-state index contributed by atoms with van der Waals surface area (Å²) in [5.41, 5.74) is 0. The van der Waals surface area contributed by atoms with Crippen molar-refractivity contribution in [3.63, 3.8) is 0 Å². The monoisotopic (exact) mass is 158 g/mol. The third-order valence-corrected chi connectivity index (χ3v) is 1.73. The van der Waals surface area contributed by atoms with Gasteiger partial charge in [-0.25, -0.2) is 0 Å². The second kappa shape index (κ2) is 6.35. The van der Waals surface area contributed by atoms with Gasteiger partial charge in [0.2, 0.25) is 0 Å². The Morgan fingerprint density at radius 1 is 1.55 bits per heavy atom. The zero-order valence-electron chi connectivity index (χ0n) is 7.72. The summed E-state index contributed by atoms with van der Waals surface area (Å²) in [5, 5.41) is 0. The maximum atomic E-state index is 11.1. The van der Waals surface area contributed by atoms with Crippen LogP contribution in [0.15, 0.2) is 0 Å². The van der Waals surface area contributed by atoms with E-state index in [2.05, 4.69) is 6.92 Å². The lowest BCUT2D eigenvalue weighted by Gasteiger charge is -2.06. The summed E-state index contributed by atoms with van der Waals surface area (Å²) in [5.74, 6) is 0.321. The molecule has 2 nitrogen and oxygen atoms in total. The number of ketones is 1. The Morgan fingerprint density at radius 3 is 2.64 bits per heavy atom. The Morgan fingerprint density at radius 2 is 2.18 bits per heavy atom. The molecule has 0 aliphatic carbocycles. The molecule has 0 fully saturated rings. The van der Waals surface area contributed by atoms with Crippen LogP contribution >= 0.6 is 0 Å². The molecule has 0 aromatic rings. The highest BCUT2D eigenvalue weighted by atomic mass is 16.5. The lowest BCUT2D eigenvalue weighted by Crippen LogP contribution is -2.11. The first-order valence-corrected chi connectivity index (χ1v) is 4.25. The van der Waals surface area contributed by atoms with E-state index in [-0.39, 0.29) is 6.10 Å². The fourth-order valence-corrected chi connectivity index (χ4v) is 0.880. The van der Waals surface area contributed by atoms with E-state index >= 15 is 0 Å². The SMILES string of the molecule is CCCCC(=O)CC(C)OC. The Hall–Kier alpha value is -0.370. The van der Waals surface area contributed by atoms with E-state index in [4.69, 9.17) is 4.74 Å². The van der Waals surface area contributed by atoms with Crippen molar-refractivity contribution in [3.8, 4) is 0 Å². The predicted octanol–water partition coefficient (Wildman–Crippen LogP) is 2.17. The van der Waals surface area contributed by atoms with Crippen LogP contribution in [0.2, 0.25) is 0 Å². The van der Waals surface area contributed by atoms with Crippen LogP contribution in [0.25, 0.3) is 0 Å². The van der Waals surface area contributed by atoms with Crippen LogP contribution in [0.3, 0.4) is 0 Å². The Balaban J connectivity index is 3.36. The van der Waals surface area contributed by atoms with E-state index in [0.29, 0.717) is 18.6 Å². The van der Waals surface area contributed by atoms with Gasteiger partial charge >= 0.3 is 0 Å². The number of unbranched alkanes of at least 4 members (excludes halogenated alkanes) is 1.